The first-order valence-electron chi connectivity index (χ1n) is 9.58. The van der Waals surface area contributed by atoms with E-state index in [1.165, 1.54) is 11.1 Å². The Morgan fingerprint density at radius 3 is 2.10 bits per heavy atom. The number of rotatable bonds is 5. The van der Waals surface area contributed by atoms with Gasteiger partial charge in [-0.15, -0.1) is 0 Å². The Morgan fingerprint density at radius 2 is 1.48 bits per heavy atom. The number of aryl methyl sites for hydroxylation is 2. The van der Waals surface area contributed by atoms with Crippen LogP contribution in [0.5, 0.6) is 5.75 Å². The first-order valence-corrected chi connectivity index (χ1v) is 10.4. The lowest BCUT2D eigenvalue weighted by atomic mass is 10.1. The molecule has 0 atom stereocenters. The lowest BCUT2D eigenvalue weighted by Gasteiger charge is -2.10. The summed E-state index contributed by atoms with van der Waals surface area (Å²) in [4.78, 5) is 0. The molecule has 4 heteroatoms. The highest BCUT2D eigenvalue weighted by molar-refractivity contribution is 9.10. The molecule has 0 aliphatic carbocycles. The standard InChI is InChI=1S/C25H23BrN2O/c1-17-7-11-20(12-8-17)24-23(26)25(21-13-9-18(2)10-14-21)28(27-24)16-19-5-4-6-22(15-19)29-3/h4-15H,16H2,1-3H3. The fraction of sp³-hybridized carbons (Fsp3) is 0.160. The molecular weight excluding hydrogens is 424 g/mol. The smallest absolute Gasteiger partial charge is 0.119 e. The molecule has 0 amide bonds. The van der Waals surface area contributed by atoms with Crippen LogP contribution in [-0.4, -0.2) is 16.9 Å². The van der Waals surface area contributed by atoms with E-state index < -0.39 is 0 Å². The number of benzene rings is 3. The van der Waals surface area contributed by atoms with Crippen LogP contribution in [0.3, 0.4) is 0 Å². The van der Waals surface area contributed by atoms with Crippen molar-refractivity contribution in [2.45, 2.75) is 20.4 Å². The van der Waals surface area contributed by atoms with Gasteiger partial charge in [-0.25, -0.2) is 0 Å². The Morgan fingerprint density at radius 1 is 0.862 bits per heavy atom. The van der Waals surface area contributed by atoms with E-state index in [2.05, 4.69) is 95.1 Å². The van der Waals surface area contributed by atoms with Crippen LogP contribution in [-0.2, 0) is 6.54 Å². The van der Waals surface area contributed by atoms with Gasteiger partial charge in [0.15, 0.2) is 0 Å². The highest BCUT2D eigenvalue weighted by Crippen LogP contribution is 2.37. The summed E-state index contributed by atoms with van der Waals surface area (Å²) in [5.74, 6) is 0.851. The summed E-state index contributed by atoms with van der Waals surface area (Å²) < 4.78 is 8.47. The summed E-state index contributed by atoms with van der Waals surface area (Å²) in [6, 6.07) is 25.2. The summed E-state index contributed by atoms with van der Waals surface area (Å²) in [6.07, 6.45) is 0. The molecule has 0 saturated heterocycles. The summed E-state index contributed by atoms with van der Waals surface area (Å²) in [5.41, 5.74) is 7.87. The van der Waals surface area contributed by atoms with Gasteiger partial charge in [0.1, 0.15) is 11.4 Å². The van der Waals surface area contributed by atoms with Gasteiger partial charge in [-0.05, 0) is 47.5 Å². The van der Waals surface area contributed by atoms with Gasteiger partial charge in [0, 0.05) is 11.1 Å². The van der Waals surface area contributed by atoms with E-state index in [9.17, 15) is 0 Å². The molecule has 0 unspecified atom stereocenters. The summed E-state index contributed by atoms with van der Waals surface area (Å²) >= 11 is 3.85. The lowest BCUT2D eigenvalue weighted by molar-refractivity contribution is 0.414. The zero-order valence-electron chi connectivity index (χ0n) is 16.8. The fourth-order valence-corrected chi connectivity index (χ4v) is 4.12. The number of methoxy groups -OCH3 is 1. The van der Waals surface area contributed by atoms with E-state index in [1.54, 1.807) is 7.11 Å². The maximum absolute atomic E-state index is 5.39. The lowest BCUT2D eigenvalue weighted by Crippen LogP contribution is -2.04. The Hall–Kier alpha value is -2.85. The van der Waals surface area contributed by atoms with Crippen molar-refractivity contribution in [1.82, 2.24) is 9.78 Å². The minimum atomic E-state index is 0.658. The molecule has 4 aromatic rings. The number of nitrogens with zero attached hydrogens (tertiary/aromatic N) is 2. The van der Waals surface area contributed by atoms with Crippen LogP contribution in [0, 0.1) is 13.8 Å². The number of halogens is 1. The molecule has 146 valence electrons. The number of ether oxygens (including phenoxy) is 1. The largest absolute Gasteiger partial charge is 0.497 e. The van der Waals surface area contributed by atoms with Crippen LogP contribution in [0.4, 0.5) is 0 Å². The quantitative estimate of drug-likeness (QED) is 0.342. The van der Waals surface area contributed by atoms with Gasteiger partial charge in [0.25, 0.3) is 0 Å². The highest BCUT2D eigenvalue weighted by atomic mass is 79.9. The normalized spacial score (nSPS) is 10.9. The molecular formula is C25H23BrN2O. The van der Waals surface area contributed by atoms with Crippen molar-refractivity contribution < 1.29 is 4.74 Å². The van der Waals surface area contributed by atoms with Crippen molar-refractivity contribution in [2.75, 3.05) is 7.11 Å². The number of hydrogen-bond donors (Lipinski definition) is 0. The maximum Gasteiger partial charge on any atom is 0.119 e. The third kappa shape index (κ3) is 4.13. The molecule has 0 aliphatic heterocycles. The molecule has 1 aromatic heterocycles. The van der Waals surface area contributed by atoms with Crippen LogP contribution in [0.1, 0.15) is 16.7 Å². The Bertz CT molecular complexity index is 1130. The van der Waals surface area contributed by atoms with Crippen LogP contribution in [0.25, 0.3) is 22.5 Å². The van der Waals surface area contributed by atoms with Gasteiger partial charge < -0.3 is 4.74 Å². The third-order valence-electron chi connectivity index (χ3n) is 5.01. The molecule has 0 saturated carbocycles. The average Bonchev–Trinajstić information content (AvgIpc) is 3.05. The zero-order chi connectivity index (χ0) is 20.4. The van der Waals surface area contributed by atoms with Gasteiger partial charge in [0.2, 0.25) is 0 Å². The van der Waals surface area contributed by atoms with Crippen molar-refractivity contribution in [3.8, 4) is 28.3 Å². The predicted molar refractivity (Wildman–Crippen MR) is 122 cm³/mol. The second-order valence-electron chi connectivity index (χ2n) is 7.25. The molecule has 0 spiro atoms. The third-order valence-corrected chi connectivity index (χ3v) is 5.76. The van der Waals surface area contributed by atoms with E-state index in [-0.39, 0.29) is 0 Å². The van der Waals surface area contributed by atoms with E-state index in [0.717, 1.165) is 38.3 Å². The van der Waals surface area contributed by atoms with Gasteiger partial charge in [-0.3, -0.25) is 4.68 Å². The highest BCUT2D eigenvalue weighted by Gasteiger charge is 2.19. The summed E-state index contributed by atoms with van der Waals surface area (Å²) in [5, 5.41) is 4.99. The maximum atomic E-state index is 5.39. The van der Waals surface area contributed by atoms with Gasteiger partial charge in [-0.1, -0.05) is 71.8 Å². The second kappa shape index (κ2) is 8.26. The molecule has 0 fully saturated rings. The molecule has 1 heterocycles. The topological polar surface area (TPSA) is 27.1 Å². The van der Waals surface area contributed by atoms with Crippen molar-refractivity contribution in [3.05, 3.63) is 94.0 Å². The predicted octanol–water partition coefficient (Wildman–Crippen LogP) is 6.65. The molecule has 3 nitrogen and oxygen atoms in total. The SMILES string of the molecule is COc1cccc(Cn2nc(-c3ccc(C)cc3)c(Br)c2-c2ccc(C)cc2)c1. The molecule has 0 radical (unpaired) electrons. The monoisotopic (exact) mass is 446 g/mol. The molecule has 4 rings (SSSR count). The molecule has 0 bridgehead atoms. The first kappa shape index (κ1) is 19.5. The van der Waals surface area contributed by atoms with Crippen molar-refractivity contribution in [2.24, 2.45) is 0 Å². The molecule has 0 N–H and O–H groups in total. The second-order valence-corrected chi connectivity index (χ2v) is 8.05. The van der Waals surface area contributed by atoms with Crippen LogP contribution in [0.2, 0.25) is 0 Å². The Kier molecular flexibility index (Phi) is 5.54. The number of aromatic nitrogens is 2. The van der Waals surface area contributed by atoms with E-state index >= 15 is 0 Å². The van der Waals surface area contributed by atoms with Crippen LogP contribution >= 0.6 is 15.9 Å². The number of hydrogen-bond acceptors (Lipinski definition) is 2. The van der Waals surface area contributed by atoms with Gasteiger partial charge in [0.05, 0.1) is 23.8 Å². The van der Waals surface area contributed by atoms with Crippen molar-refractivity contribution in [3.63, 3.8) is 0 Å². The van der Waals surface area contributed by atoms with Crippen molar-refractivity contribution in [1.29, 1.82) is 0 Å². The Balaban J connectivity index is 1.84. The summed E-state index contributed by atoms with van der Waals surface area (Å²) in [7, 11) is 1.69. The first-order chi connectivity index (χ1) is 14.0. The minimum Gasteiger partial charge on any atom is -0.497 e. The molecule has 0 aliphatic rings. The fourth-order valence-electron chi connectivity index (χ4n) is 3.38. The molecule has 3 aromatic carbocycles. The van der Waals surface area contributed by atoms with Crippen LogP contribution < -0.4 is 4.74 Å². The van der Waals surface area contributed by atoms with Crippen LogP contribution in [0.15, 0.2) is 77.3 Å². The van der Waals surface area contributed by atoms with E-state index in [0.29, 0.717) is 6.54 Å². The van der Waals surface area contributed by atoms with Gasteiger partial charge in [-0.2, -0.15) is 5.10 Å². The summed E-state index contributed by atoms with van der Waals surface area (Å²) in [6.45, 7) is 4.85. The zero-order valence-corrected chi connectivity index (χ0v) is 18.4. The van der Waals surface area contributed by atoms with E-state index in [1.807, 2.05) is 12.1 Å². The molecule has 29 heavy (non-hydrogen) atoms. The van der Waals surface area contributed by atoms with E-state index in [4.69, 9.17) is 9.84 Å². The minimum absolute atomic E-state index is 0.658. The Labute approximate surface area is 180 Å². The average molecular weight is 447 g/mol. The van der Waals surface area contributed by atoms with Gasteiger partial charge >= 0.3 is 0 Å². The van der Waals surface area contributed by atoms with Crippen molar-refractivity contribution >= 4 is 15.9 Å².